The molecule has 1 aliphatic carbocycles. The summed E-state index contributed by atoms with van der Waals surface area (Å²) in [6.45, 7) is 2.41. The molecule has 1 N–H and O–H groups in total. The van der Waals surface area contributed by atoms with Gasteiger partial charge in [-0.2, -0.15) is 0 Å². The van der Waals surface area contributed by atoms with Crippen molar-refractivity contribution in [3.05, 3.63) is 71.4 Å². The zero-order valence-electron chi connectivity index (χ0n) is 21.1. The maximum atomic E-state index is 13.0. The Morgan fingerprint density at radius 2 is 1.84 bits per heavy atom. The van der Waals surface area contributed by atoms with Gasteiger partial charge in [0.2, 0.25) is 11.8 Å². The first-order valence-corrected chi connectivity index (χ1v) is 13.6. The van der Waals surface area contributed by atoms with Crippen LogP contribution in [0.5, 0.6) is 5.75 Å². The predicted molar refractivity (Wildman–Crippen MR) is 141 cm³/mol. The van der Waals surface area contributed by atoms with E-state index in [4.69, 9.17) is 4.74 Å². The molecule has 3 fully saturated rings. The van der Waals surface area contributed by atoms with Gasteiger partial charge in [-0.3, -0.25) is 29.6 Å². The van der Waals surface area contributed by atoms with Crippen LogP contribution in [-0.2, 0) is 16.1 Å². The van der Waals surface area contributed by atoms with Gasteiger partial charge in [0.25, 0.3) is 5.91 Å². The van der Waals surface area contributed by atoms with Gasteiger partial charge in [0.15, 0.2) is 0 Å². The molecule has 8 heteroatoms. The molecule has 1 aromatic heterocycles. The highest BCUT2D eigenvalue weighted by Crippen LogP contribution is 2.38. The SMILES string of the molecule is O=C1CCC(N2Cc3cc(O[C@H]4CCC[C@@H]4N4CC(c5ccnc6ccccc56)C4)ccc3C2=O)C(=O)N1. The van der Waals surface area contributed by atoms with Gasteiger partial charge < -0.3 is 9.64 Å². The number of para-hydroxylation sites is 1. The molecule has 3 atom stereocenters. The summed E-state index contributed by atoms with van der Waals surface area (Å²) in [6.07, 6.45) is 5.94. The molecule has 4 aliphatic rings. The summed E-state index contributed by atoms with van der Waals surface area (Å²) < 4.78 is 6.53. The fraction of sp³-hybridized carbons (Fsp3) is 0.400. The van der Waals surface area contributed by atoms with E-state index in [9.17, 15) is 14.4 Å². The Morgan fingerprint density at radius 1 is 0.974 bits per heavy atom. The molecule has 3 amide bonds. The summed E-state index contributed by atoms with van der Waals surface area (Å²) in [5.74, 6) is 0.458. The first kappa shape index (κ1) is 23.3. The fourth-order valence-electron chi connectivity index (χ4n) is 6.71. The van der Waals surface area contributed by atoms with Crippen molar-refractivity contribution >= 4 is 28.6 Å². The van der Waals surface area contributed by atoms with Crippen molar-refractivity contribution in [3.63, 3.8) is 0 Å². The number of likely N-dealkylation sites (tertiary alicyclic amines) is 1. The molecule has 7 rings (SSSR count). The summed E-state index contributed by atoms with van der Waals surface area (Å²) in [6, 6.07) is 16.0. The smallest absolute Gasteiger partial charge is 0.255 e. The number of imide groups is 1. The number of ether oxygens (including phenoxy) is 1. The van der Waals surface area contributed by atoms with E-state index in [-0.39, 0.29) is 30.2 Å². The lowest BCUT2D eigenvalue weighted by Crippen LogP contribution is -2.54. The van der Waals surface area contributed by atoms with Gasteiger partial charge in [-0.05, 0) is 67.1 Å². The van der Waals surface area contributed by atoms with Gasteiger partial charge in [0.05, 0.1) is 5.52 Å². The molecule has 1 saturated carbocycles. The number of amides is 3. The van der Waals surface area contributed by atoms with Gasteiger partial charge in [-0.25, -0.2) is 0 Å². The topological polar surface area (TPSA) is 91.8 Å². The summed E-state index contributed by atoms with van der Waals surface area (Å²) >= 11 is 0. The molecule has 3 aliphatic heterocycles. The number of piperidine rings is 1. The molecule has 8 nitrogen and oxygen atoms in total. The first-order chi connectivity index (χ1) is 18.5. The minimum atomic E-state index is -0.604. The van der Waals surface area contributed by atoms with Crippen LogP contribution in [0.25, 0.3) is 10.9 Å². The van der Waals surface area contributed by atoms with E-state index >= 15 is 0 Å². The molecular formula is C30H30N4O4. The number of benzene rings is 2. The van der Waals surface area contributed by atoms with Crippen LogP contribution in [-0.4, -0.2) is 63.8 Å². The molecule has 194 valence electrons. The van der Waals surface area contributed by atoms with E-state index in [2.05, 4.69) is 39.5 Å². The van der Waals surface area contributed by atoms with Crippen LogP contribution in [0.1, 0.15) is 59.5 Å². The number of fused-ring (bicyclic) bond motifs is 2. The maximum Gasteiger partial charge on any atom is 0.255 e. The predicted octanol–water partition coefficient (Wildman–Crippen LogP) is 3.40. The van der Waals surface area contributed by atoms with Crippen LogP contribution in [0, 0.1) is 0 Å². The second kappa shape index (κ2) is 9.20. The highest BCUT2D eigenvalue weighted by Gasteiger charge is 2.42. The van der Waals surface area contributed by atoms with Crippen molar-refractivity contribution in [3.8, 4) is 5.75 Å². The normalized spacial score (nSPS) is 25.9. The van der Waals surface area contributed by atoms with E-state index in [0.29, 0.717) is 30.5 Å². The van der Waals surface area contributed by atoms with Crippen molar-refractivity contribution in [2.75, 3.05) is 13.1 Å². The molecule has 4 heterocycles. The van der Waals surface area contributed by atoms with E-state index in [0.717, 1.165) is 49.2 Å². The van der Waals surface area contributed by atoms with Crippen LogP contribution >= 0.6 is 0 Å². The number of rotatable bonds is 5. The van der Waals surface area contributed by atoms with Gasteiger partial charge in [-0.15, -0.1) is 0 Å². The van der Waals surface area contributed by atoms with Crippen molar-refractivity contribution in [1.29, 1.82) is 0 Å². The Bertz CT molecular complexity index is 1440. The molecule has 2 saturated heterocycles. The third-order valence-electron chi connectivity index (χ3n) is 8.70. The number of nitrogens with one attached hydrogen (secondary N) is 1. The average Bonchev–Trinajstić information content (AvgIpc) is 3.47. The second-order valence-electron chi connectivity index (χ2n) is 10.9. The van der Waals surface area contributed by atoms with E-state index < -0.39 is 6.04 Å². The minimum absolute atomic E-state index is 0.117. The van der Waals surface area contributed by atoms with Gasteiger partial charge >= 0.3 is 0 Å². The van der Waals surface area contributed by atoms with Crippen molar-refractivity contribution in [1.82, 2.24) is 20.1 Å². The highest BCUT2D eigenvalue weighted by atomic mass is 16.5. The first-order valence-electron chi connectivity index (χ1n) is 13.6. The molecule has 1 unspecified atom stereocenters. The largest absolute Gasteiger partial charge is 0.489 e. The standard InChI is InChI=1S/C30H30N4O4/c35-28-11-10-26(29(36)32-28)34-17-18-14-20(8-9-22(18)30(34)37)38-27-7-3-6-25(27)33-15-19(16-33)21-12-13-31-24-5-2-1-4-23(21)24/h1-2,4-5,8-9,12-14,19,25-27H,3,6-7,10-11,15-17H2,(H,32,35,36)/t25-,26?,27-/m0/s1. The lowest BCUT2D eigenvalue weighted by atomic mass is 9.87. The maximum absolute atomic E-state index is 13.0. The van der Waals surface area contributed by atoms with Gasteiger partial charge in [0, 0.05) is 55.2 Å². The lowest BCUT2D eigenvalue weighted by Gasteiger charge is -2.45. The third-order valence-corrected chi connectivity index (χ3v) is 8.70. The zero-order valence-corrected chi connectivity index (χ0v) is 21.1. The van der Waals surface area contributed by atoms with Crippen LogP contribution in [0.4, 0.5) is 0 Å². The number of nitrogens with zero attached hydrogens (tertiary/aromatic N) is 3. The summed E-state index contributed by atoms with van der Waals surface area (Å²) in [5, 5.41) is 3.61. The van der Waals surface area contributed by atoms with E-state index in [1.54, 1.807) is 4.90 Å². The van der Waals surface area contributed by atoms with Crippen molar-refractivity contribution in [2.24, 2.45) is 0 Å². The molecule has 0 bridgehead atoms. The minimum Gasteiger partial charge on any atom is -0.489 e. The van der Waals surface area contributed by atoms with Crippen LogP contribution in [0.2, 0.25) is 0 Å². The number of hydrogen-bond donors (Lipinski definition) is 1. The molecule has 3 aromatic rings. The summed E-state index contributed by atoms with van der Waals surface area (Å²) in [4.78, 5) is 45.5. The fourth-order valence-corrected chi connectivity index (χ4v) is 6.71. The van der Waals surface area contributed by atoms with Crippen LogP contribution in [0.3, 0.4) is 0 Å². The Kier molecular flexibility index (Phi) is 5.65. The Hall–Kier alpha value is -3.78. The van der Waals surface area contributed by atoms with Crippen molar-refractivity contribution in [2.45, 2.75) is 62.8 Å². The number of aromatic nitrogens is 1. The average molecular weight is 511 g/mol. The Balaban J connectivity index is 1.02. The Labute approximate surface area is 221 Å². The second-order valence-corrected chi connectivity index (χ2v) is 10.9. The number of hydrogen-bond acceptors (Lipinski definition) is 6. The summed E-state index contributed by atoms with van der Waals surface area (Å²) in [5.41, 5.74) is 3.92. The third kappa shape index (κ3) is 3.95. The quantitative estimate of drug-likeness (QED) is 0.529. The molecular weight excluding hydrogens is 480 g/mol. The van der Waals surface area contributed by atoms with Crippen LogP contribution in [0.15, 0.2) is 54.7 Å². The van der Waals surface area contributed by atoms with E-state index in [1.807, 2.05) is 30.5 Å². The lowest BCUT2D eigenvalue weighted by molar-refractivity contribution is -0.136. The number of pyridine rings is 1. The van der Waals surface area contributed by atoms with Crippen LogP contribution < -0.4 is 10.1 Å². The molecule has 2 aromatic carbocycles. The molecule has 0 radical (unpaired) electrons. The number of carbonyl (C=O) groups is 3. The molecule has 0 spiro atoms. The van der Waals surface area contributed by atoms with E-state index in [1.165, 1.54) is 10.9 Å². The molecule has 38 heavy (non-hydrogen) atoms. The summed E-state index contributed by atoms with van der Waals surface area (Å²) in [7, 11) is 0. The van der Waals surface area contributed by atoms with Gasteiger partial charge in [0.1, 0.15) is 17.9 Å². The van der Waals surface area contributed by atoms with Gasteiger partial charge in [-0.1, -0.05) is 18.2 Å². The highest BCUT2D eigenvalue weighted by molar-refractivity contribution is 6.05. The number of carbonyl (C=O) groups excluding carboxylic acids is 3. The monoisotopic (exact) mass is 510 g/mol. The zero-order chi connectivity index (χ0) is 25.8. The van der Waals surface area contributed by atoms with Crippen molar-refractivity contribution < 1.29 is 19.1 Å². The Morgan fingerprint density at radius 3 is 2.71 bits per heavy atom.